The van der Waals surface area contributed by atoms with Gasteiger partial charge in [-0.2, -0.15) is 0 Å². The number of amides is 1. The lowest BCUT2D eigenvalue weighted by molar-refractivity contribution is -0.123. The average Bonchev–Trinajstić information content (AvgIpc) is 2.65. The van der Waals surface area contributed by atoms with Gasteiger partial charge in [0.25, 0.3) is 5.91 Å². The maximum atomic E-state index is 12.1. The monoisotopic (exact) mass is 342 g/mol. The second-order valence-electron chi connectivity index (χ2n) is 6.89. The molecule has 1 aliphatic heterocycles. The molecule has 1 amide bonds. The largest absolute Gasteiger partial charge is 0.467 e. The lowest BCUT2D eigenvalue weighted by atomic mass is 9.97. The lowest BCUT2D eigenvalue weighted by Crippen LogP contribution is -2.44. The van der Waals surface area contributed by atoms with E-state index in [1.807, 2.05) is 24.3 Å². The minimum Gasteiger partial charge on any atom is -0.467 e. The van der Waals surface area contributed by atoms with Crippen LogP contribution in [0.4, 0.5) is 0 Å². The van der Waals surface area contributed by atoms with Crippen LogP contribution < -0.4 is 10.1 Å². The summed E-state index contributed by atoms with van der Waals surface area (Å²) in [6.07, 6.45) is 3.82. The molecule has 1 unspecified atom stereocenters. The molecule has 1 saturated heterocycles. The highest BCUT2D eigenvalue weighted by Gasteiger charge is 2.22. The van der Waals surface area contributed by atoms with Crippen molar-refractivity contribution in [3.63, 3.8) is 0 Å². The van der Waals surface area contributed by atoms with Crippen LogP contribution in [0.5, 0.6) is 5.88 Å². The Bertz CT molecular complexity index is 714. The number of likely N-dealkylation sites (tertiary alicyclic amines) is 1. The third-order valence-corrected chi connectivity index (χ3v) is 4.71. The van der Waals surface area contributed by atoms with E-state index in [2.05, 4.69) is 34.0 Å². The van der Waals surface area contributed by atoms with Gasteiger partial charge in [0.1, 0.15) is 6.33 Å². The number of rotatable bonds is 6. The number of aromatic nitrogens is 2. The normalized spacial score (nSPS) is 18.4. The van der Waals surface area contributed by atoms with Crippen molar-refractivity contribution in [2.45, 2.75) is 32.7 Å². The Labute approximate surface area is 148 Å². The Hall–Kier alpha value is -2.21. The zero-order chi connectivity index (χ0) is 17.6. The predicted molar refractivity (Wildman–Crippen MR) is 97.5 cm³/mol. The summed E-state index contributed by atoms with van der Waals surface area (Å²) < 4.78 is 5.61. The summed E-state index contributed by atoms with van der Waals surface area (Å²) in [6.45, 7) is 7.33. The number of ether oxygens (including phenoxy) is 1. The van der Waals surface area contributed by atoms with Crippen LogP contribution >= 0.6 is 0 Å². The summed E-state index contributed by atoms with van der Waals surface area (Å²) in [4.78, 5) is 22.9. The molecule has 1 aliphatic rings. The molecular weight excluding hydrogens is 316 g/mol. The van der Waals surface area contributed by atoms with Crippen LogP contribution in [0.3, 0.4) is 0 Å². The van der Waals surface area contributed by atoms with Gasteiger partial charge in [-0.1, -0.05) is 12.1 Å². The summed E-state index contributed by atoms with van der Waals surface area (Å²) in [6, 6.07) is 8.17. The number of hydrogen-bond acceptors (Lipinski definition) is 5. The smallest absolute Gasteiger partial charge is 0.258 e. The van der Waals surface area contributed by atoms with E-state index < -0.39 is 0 Å². The number of para-hydroxylation sites is 1. The van der Waals surface area contributed by atoms with Gasteiger partial charge < -0.3 is 15.0 Å². The molecule has 6 heteroatoms. The van der Waals surface area contributed by atoms with Crippen molar-refractivity contribution in [3.8, 4) is 5.88 Å². The number of piperidine rings is 1. The van der Waals surface area contributed by atoms with Gasteiger partial charge in [-0.05, 0) is 51.3 Å². The summed E-state index contributed by atoms with van der Waals surface area (Å²) in [5, 5.41) is 3.81. The van der Waals surface area contributed by atoms with Gasteiger partial charge >= 0.3 is 0 Å². The van der Waals surface area contributed by atoms with Crippen molar-refractivity contribution in [2.24, 2.45) is 5.92 Å². The van der Waals surface area contributed by atoms with E-state index in [0.717, 1.165) is 24.0 Å². The standard InChI is InChI=1S/C19H26N4O2/c1-14(2)23-9-5-6-15(11-23)10-20-18(24)12-25-19-16-7-3-4-8-17(16)21-13-22-19/h3-4,7-8,13-15H,5-6,9-12H2,1-2H3,(H,20,24). The SMILES string of the molecule is CC(C)N1CCCC(CNC(=O)COc2ncnc3ccccc23)C1. The molecule has 1 aromatic carbocycles. The fraction of sp³-hybridized carbons (Fsp3) is 0.526. The predicted octanol–water partition coefficient (Wildman–Crippen LogP) is 2.25. The van der Waals surface area contributed by atoms with Gasteiger partial charge in [0, 0.05) is 19.1 Å². The van der Waals surface area contributed by atoms with Gasteiger partial charge in [0.15, 0.2) is 6.61 Å². The lowest BCUT2D eigenvalue weighted by Gasteiger charge is -2.35. The average molecular weight is 342 g/mol. The van der Waals surface area contributed by atoms with Gasteiger partial charge in [-0.25, -0.2) is 9.97 Å². The second kappa shape index (κ2) is 8.25. The van der Waals surface area contributed by atoms with E-state index in [1.165, 1.54) is 19.2 Å². The van der Waals surface area contributed by atoms with Gasteiger partial charge in [0.05, 0.1) is 10.9 Å². The Morgan fingerprint density at radius 2 is 2.20 bits per heavy atom. The zero-order valence-corrected chi connectivity index (χ0v) is 14.9. The Kier molecular flexibility index (Phi) is 5.81. The van der Waals surface area contributed by atoms with Crippen LogP contribution in [0.25, 0.3) is 10.9 Å². The minimum absolute atomic E-state index is 0.0262. The highest BCUT2D eigenvalue weighted by Crippen LogP contribution is 2.20. The molecule has 1 fully saturated rings. The molecule has 0 radical (unpaired) electrons. The molecule has 1 aromatic heterocycles. The van der Waals surface area contributed by atoms with Crippen LogP contribution in [-0.2, 0) is 4.79 Å². The molecule has 1 atom stereocenters. The molecule has 25 heavy (non-hydrogen) atoms. The van der Waals surface area contributed by atoms with Gasteiger partial charge in [-0.15, -0.1) is 0 Å². The molecule has 6 nitrogen and oxygen atoms in total. The number of nitrogens with zero attached hydrogens (tertiary/aromatic N) is 3. The summed E-state index contributed by atoms with van der Waals surface area (Å²) >= 11 is 0. The first-order chi connectivity index (χ1) is 12.1. The number of fused-ring (bicyclic) bond motifs is 1. The molecule has 3 rings (SSSR count). The molecule has 0 aliphatic carbocycles. The third-order valence-electron chi connectivity index (χ3n) is 4.71. The fourth-order valence-electron chi connectivity index (χ4n) is 3.27. The van der Waals surface area contributed by atoms with Crippen molar-refractivity contribution in [1.29, 1.82) is 0 Å². The van der Waals surface area contributed by atoms with Crippen LogP contribution in [0.1, 0.15) is 26.7 Å². The quantitative estimate of drug-likeness (QED) is 0.872. The number of hydrogen-bond donors (Lipinski definition) is 1. The van der Waals surface area contributed by atoms with Gasteiger partial charge in [-0.3, -0.25) is 4.79 Å². The van der Waals surface area contributed by atoms with Crippen molar-refractivity contribution in [1.82, 2.24) is 20.2 Å². The minimum atomic E-state index is -0.107. The second-order valence-corrected chi connectivity index (χ2v) is 6.89. The van der Waals surface area contributed by atoms with Crippen molar-refractivity contribution in [3.05, 3.63) is 30.6 Å². The molecule has 0 saturated carbocycles. The summed E-state index contributed by atoms with van der Waals surface area (Å²) in [5.74, 6) is 0.855. The molecule has 2 aromatic rings. The highest BCUT2D eigenvalue weighted by atomic mass is 16.5. The number of benzene rings is 1. The Morgan fingerprint density at radius 1 is 1.36 bits per heavy atom. The van der Waals surface area contributed by atoms with E-state index in [9.17, 15) is 4.79 Å². The Balaban J connectivity index is 1.48. The van der Waals surface area contributed by atoms with E-state index in [1.54, 1.807) is 0 Å². The highest BCUT2D eigenvalue weighted by molar-refractivity contribution is 5.83. The fourth-order valence-corrected chi connectivity index (χ4v) is 3.27. The van der Waals surface area contributed by atoms with Crippen LogP contribution in [-0.4, -0.2) is 53.1 Å². The first kappa shape index (κ1) is 17.6. The Morgan fingerprint density at radius 3 is 3.04 bits per heavy atom. The van der Waals surface area contributed by atoms with Crippen molar-refractivity contribution >= 4 is 16.8 Å². The number of carbonyl (C=O) groups excluding carboxylic acids is 1. The molecular formula is C19H26N4O2. The third kappa shape index (κ3) is 4.66. The van der Waals surface area contributed by atoms with E-state index >= 15 is 0 Å². The molecule has 2 heterocycles. The first-order valence-electron chi connectivity index (χ1n) is 8.97. The number of nitrogens with one attached hydrogen (secondary N) is 1. The zero-order valence-electron chi connectivity index (χ0n) is 14.9. The van der Waals surface area contributed by atoms with E-state index in [4.69, 9.17) is 4.74 Å². The summed E-state index contributed by atoms with van der Waals surface area (Å²) in [5.41, 5.74) is 0.809. The van der Waals surface area contributed by atoms with Crippen LogP contribution in [0.15, 0.2) is 30.6 Å². The van der Waals surface area contributed by atoms with E-state index in [0.29, 0.717) is 24.4 Å². The van der Waals surface area contributed by atoms with Crippen LogP contribution in [0, 0.1) is 5.92 Å². The molecule has 0 bridgehead atoms. The molecule has 1 N–H and O–H groups in total. The maximum Gasteiger partial charge on any atom is 0.258 e. The maximum absolute atomic E-state index is 12.1. The van der Waals surface area contributed by atoms with Crippen molar-refractivity contribution < 1.29 is 9.53 Å². The van der Waals surface area contributed by atoms with Crippen molar-refractivity contribution in [2.75, 3.05) is 26.2 Å². The topological polar surface area (TPSA) is 67.4 Å². The van der Waals surface area contributed by atoms with Crippen LogP contribution in [0.2, 0.25) is 0 Å². The van der Waals surface area contributed by atoms with E-state index in [-0.39, 0.29) is 12.5 Å². The molecule has 0 spiro atoms. The van der Waals surface area contributed by atoms with Gasteiger partial charge in [0.2, 0.25) is 5.88 Å². The molecule has 134 valence electrons. The number of carbonyl (C=O) groups is 1. The first-order valence-corrected chi connectivity index (χ1v) is 8.97. The summed E-state index contributed by atoms with van der Waals surface area (Å²) in [7, 11) is 0.